The lowest BCUT2D eigenvalue weighted by molar-refractivity contribution is -0.116. The van der Waals surface area contributed by atoms with E-state index in [-0.39, 0.29) is 24.3 Å². The number of thiophene rings is 1. The predicted molar refractivity (Wildman–Crippen MR) is 177 cm³/mol. The lowest BCUT2D eigenvalue weighted by atomic mass is 9.95. The van der Waals surface area contributed by atoms with Crippen molar-refractivity contribution in [3.8, 4) is 44.5 Å². The molecule has 0 radical (unpaired) electrons. The Morgan fingerprint density at radius 1 is 1.13 bits per heavy atom. The van der Waals surface area contributed by atoms with E-state index in [0.29, 0.717) is 35.6 Å². The Morgan fingerprint density at radius 3 is 2.72 bits per heavy atom. The number of rotatable bonds is 10. The van der Waals surface area contributed by atoms with Crippen LogP contribution in [0.3, 0.4) is 0 Å². The van der Waals surface area contributed by atoms with Crippen LogP contribution in [0, 0.1) is 19.7 Å². The molecule has 0 saturated carbocycles. The number of anilines is 1. The van der Waals surface area contributed by atoms with Crippen LogP contribution in [0.5, 0.6) is 11.8 Å². The summed E-state index contributed by atoms with van der Waals surface area (Å²) < 4.78 is 23.9. The van der Waals surface area contributed by atoms with E-state index in [9.17, 15) is 9.90 Å². The summed E-state index contributed by atoms with van der Waals surface area (Å²) in [6, 6.07) is 12.5. The van der Waals surface area contributed by atoms with E-state index in [1.54, 1.807) is 48.4 Å². The van der Waals surface area contributed by atoms with Crippen LogP contribution in [0.4, 0.5) is 10.2 Å². The van der Waals surface area contributed by atoms with Gasteiger partial charge in [-0.3, -0.25) is 9.48 Å². The summed E-state index contributed by atoms with van der Waals surface area (Å²) in [4.78, 5) is 25.4. The third kappa shape index (κ3) is 6.08. The maximum absolute atomic E-state index is 15.7. The van der Waals surface area contributed by atoms with Gasteiger partial charge in [-0.1, -0.05) is 30.8 Å². The summed E-state index contributed by atoms with van der Waals surface area (Å²) in [5.41, 5.74) is 13.0. The standard InChI is InChI=1S/C34H30FN7O3S/c1-4-28(44)38-15-21-5-7-24(19(2)13-21)31-29(22-6-8-27(26(35)14-22)45-34-37-10-9-20(3)41-34)30-32(46-31)25(17-39-33(30)36)23-16-40-42(18-23)11-12-43/h4-10,13-14,16-18,43H,1,11-12,15H2,2-3H3,(H2,36,39)(H,38,44). The van der Waals surface area contributed by atoms with Crippen LogP contribution < -0.4 is 15.8 Å². The number of carbonyl (C=O) groups excluding carboxylic acids is 1. The molecule has 4 aromatic heterocycles. The number of pyridine rings is 1. The molecule has 10 nitrogen and oxygen atoms in total. The van der Waals surface area contributed by atoms with Crippen molar-refractivity contribution in [2.45, 2.75) is 26.9 Å². The molecule has 1 amide bonds. The minimum Gasteiger partial charge on any atom is -0.421 e. The van der Waals surface area contributed by atoms with E-state index in [2.05, 4.69) is 31.9 Å². The monoisotopic (exact) mass is 635 g/mol. The summed E-state index contributed by atoms with van der Waals surface area (Å²) in [6.45, 7) is 7.95. The maximum Gasteiger partial charge on any atom is 0.322 e. The van der Waals surface area contributed by atoms with Gasteiger partial charge in [-0.25, -0.2) is 19.3 Å². The van der Waals surface area contributed by atoms with Crippen molar-refractivity contribution < 1.29 is 19.0 Å². The van der Waals surface area contributed by atoms with Crippen LogP contribution in [0.15, 0.2) is 79.9 Å². The van der Waals surface area contributed by atoms with Crippen molar-refractivity contribution in [1.29, 1.82) is 0 Å². The summed E-state index contributed by atoms with van der Waals surface area (Å²) >= 11 is 1.52. The number of hydrogen-bond donors (Lipinski definition) is 3. The number of nitrogens with two attached hydrogens (primary N) is 1. The van der Waals surface area contributed by atoms with Crippen molar-refractivity contribution in [1.82, 2.24) is 30.0 Å². The number of nitrogen functional groups attached to an aromatic ring is 1. The van der Waals surface area contributed by atoms with Crippen molar-refractivity contribution in [2.24, 2.45) is 0 Å². The van der Waals surface area contributed by atoms with E-state index in [4.69, 9.17) is 10.5 Å². The highest BCUT2D eigenvalue weighted by atomic mass is 32.1. The van der Waals surface area contributed by atoms with Crippen molar-refractivity contribution >= 4 is 33.1 Å². The Bertz CT molecular complexity index is 2110. The molecular formula is C34H30FN7O3S. The SMILES string of the molecule is C=CC(=O)NCc1ccc(-c2sc3c(-c4cnn(CCO)c4)cnc(N)c3c2-c2ccc(Oc3nccc(C)n3)c(F)c2)c(C)c1. The smallest absolute Gasteiger partial charge is 0.322 e. The second kappa shape index (κ2) is 12.9. The molecule has 0 bridgehead atoms. The van der Waals surface area contributed by atoms with Gasteiger partial charge < -0.3 is 20.9 Å². The summed E-state index contributed by atoms with van der Waals surface area (Å²) in [5.74, 6) is -0.560. The minimum absolute atomic E-state index is 0.0133. The van der Waals surface area contributed by atoms with Crippen LogP contribution in [-0.4, -0.2) is 42.4 Å². The van der Waals surface area contributed by atoms with Crippen LogP contribution >= 0.6 is 11.3 Å². The molecule has 0 aliphatic carbocycles. The van der Waals surface area contributed by atoms with Gasteiger partial charge in [0, 0.05) is 62.5 Å². The first-order valence-electron chi connectivity index (χ1n) is 14.4. The normalized spacial score (nSPS) is 11.1. The zero-order chi connectivity index (χ0) is 32.4. The highest BCUT2D eigenvalue weighted by Gasteiger charge is 2.24. The van der Waals surface area contributed by atoms with Gasteiger partial charge in [-0.15, -0.1) is 11.3 Å². The molecule has 12 heteroatoms. The summed E-state index contributed by atoms with van der Waals surface area (Å²) in [6.07, 6.45) is 8.06. The number of fused-ring (bicyclic) bond motifs is 1. The van der Waals surface area contributed by atoms with E-state index in [0.717, 1.165) is 43.0 Å². The average molecular weight is 636 g/mol. The lowest BCUT2D eigenvalue weighted by Crippen LogP contribution is -2.19. The van der Waals surface area contributed by atoms with Gasteiger partial charge in [-0.2, -0.15) is 5.10 Å². The molecule has 0 spiro atoms. The van der Waals surface area contributed by atoms with E-state index in [1.165, 1.54) is 23.5 Å². The van der Waals surface area contributed by atoms with Crippen LogP contribution in [0.1, 0.15) is 16.8 Å². The zero-order valence-corrected chi connectivity index (χ0v) is 25.9. The Kier molecular flexibility index (Phi) is 8.55. The zero-order valence-electron chi connectivity index (χ0n) is 25.1. The fourth-order valence-electron chi connectivity index (χ4n) is 5.18. The van der Waals surface area contributed by atoms with E-state index < -0.39 is 5.82 Å². The number of aromatic nitrogens is 5. The second-order valence-electron chi connectivity index (χ2n) is 10.6. The molecule has 46 heavy (non-hydrogen) atoms. The molecule has 0 unspecified atom stereocenters. The third-order valence-corrected chi connectivity index (χ3v) is 8.65. The largest absolute Gasteiger partial charge is 0.421 e. The molecule has 232 valence electrons. The predicted octanol–water partition coefficient (Wildman–Crippen LogP) is 6.21. The van der Waals surface area contributed by atoms with Gasteiger partial charge in [-0.05, 0) is 60.4 Å². The molecule has 0 fully saturated rings. The van der Waals surface area contributed by atoms with Gasteiger partial charge in [0.25, 0.3) is 0 Å². The lowest BCUT2D eigenvalue weighted by Gasteiger charge is -2.12. The van der Waals surface area contributed by atoms with Crippen LogP contribution in [-0.2, 0) is 17.9 Å². The number of hydrogen-bond acceptors (Lipinski definition) is 9. The third-order valence-electron chi connectivity index (χ3n) is 7.40. The number of aliphatic hydroxyl groups excluding tert-OH is 1. The highest BCUT2D eigenvalue weighted by Crippen LogP contribution is 2.50. The topological polar surface area (TPSA) is 141 Å². The molecule has 4 N–H and O–H groups in total. The number of aliphatic hydroxyl groups is 1. The summed E-state index contributed by atoms with van der Waals surface area (Å²) in [7, 11) is 0. The van der Waals surface area contributed by atoms with E-state index >= 15 is 4.39 Å². The molecule has 0 atom stereocenters. The summed E-state index contributed by atoms with van der Waals surface area (Å²) in [5, 5.41) is 17.3. The number of carbonyl (C=O) groups is 1. The quantitative estimate of drug-likeness (QED) is 0.151. The molecule has 0 aliphatic rings. The second-order valence-corrected chi connectivity index (χ2v) is 11.6. The van der Waals surface area contributed by atoms with Gasteiger partial charge in [0.05, 0.1) is 19.3 Å². The van der Waals surface area contributed by atoms with Crippen LogP contribution in [0.25, 0.3) is 42.8 Å². The molecule has 6 aromatic rings. The number of nitrogens with one attached hydrogen (secondary N) is 1. The first kappa shape index (κ1) is 30.6. The first-order chi connectivity index (χ1) is 22.2. The Balaban J connectivity index is 1.51. The minimum atomic E-state index is -0.592. The number of amides is 1. The Hall–Kier alpha value is -5.46. The Morgan fingerprint density at radius 2 is 1.98 bits per heavy atom. The van der Waals surface area contributed by atoms with Gasteiger partial charge in [0.1, 0.15) is 5.82 Å². The van der Waals surface area contributed by atoms with Gasteiger partial charge in [0.15, 0.2) is 11.6 Å². The molecule has 6 rings (SSSR count). The van der Waals surface area contributed by atoms with Crippen molar-refractivity contribution in [3.63, 3.8) is 0 Å². The maximum atomic E-state index is 15.7. The molecule has 2 aromatic carbocycles. The number of halogens is 1. The van der Waals surface area contributed by atoms with E-state index in [1.807, 2.05) is 31.3 Å². The number of aryl methyl sites for hydroxylation is 2. The Labute approximate surface area is 268 Å². The molecule has 4 heterocycles. The number of benzene rings is 2. The van der Waals surface area contributed by atoms with Crippen molar-refractivity contribution in [3.05, 3.63) is 103 Å². The molecular weight excluding hydrogens is 605 g/mol. The van der Waals surface area contributed by atoms with Gasteiger partial charge >= 0.3 is 6.01 Å². The van der Waals surface area contributed by atoms with Crippen LogP contribution in [0.2, 0.25) is 0 Å². The molecule has 0 aliphatic heterocycles. The van der Waals surface area contributed by atoms with Gasteiger partial charge in [0.2, 0.25) is 5.91 Å². The van der Waals surface area contributed by atoms with Crippen molar-refractivity contribution in [2.75, 3.05) is 12.3 Å². The highest BCUT2D eigenvalue weighted by molar-refractivity contribution is 7.23. The fraction of sp³-hybridized carbons (Fsp3) is 0.147. The average Bonchev–Trinajstić information content (AvgIpc) is 3.67. The first-order valence-corrected chi connectivity index (χ1v) is 15.2. The number of nitrogens with zero attached hydrogens (tertiary/aromatic N) is 5. The molecule has 0 saturated heterocycles. The number of ether oxygens (including phenoxy) is 1. The fourth-order valence-corrected chi connectivity index (χ4v) is 6.64.